The quantitative estimate of drug-likeness (QED) is 0.576. The predicted molar refractivity (Wildman–Crippen MR) is 86.8 cm³/mol. The molecule has 1 aromatic carbocycles. The summed E-state index contributed by atoms with van der Waals surface area (Å²) in [6.45, 7) is 4.32. The Morgan fingerprint density at radius 2 is 1.80 bits per heavy atom. The molecule has 0 aromatic heterocycles. The highest BCUT2D eigenvalue weighted by Crippen LogP contribution is 2.14. The van der Waals surface area contributed by atoms with Crippen LogP contribution in [0.1, 0.15) is 63.9 Å². The lowest BCUT2D eigenvalue weighted by Gasteiger charge is -2.13. The van der Waals surface area contributed by atoms with Crippen LogP contribution >= 0.6 is 0 Å². The van der Waals surface area contributed by atoms with Crippen molar-refractivity contribution in [3.63, 3.8) is 0 Å². The van der Waals surface area contributed by atoms with Gasteiger partial charge in [-0.15, -0.1) is 0 Å². The van der Waals surface area contributed by atoms with Crippen LogP contribution in [0.5, 0.6) is 0 Å². The summed E-state index contributed by atoms with van der Waals surface area (Å²) in [5.74, 6) is 0. The highest BCUT2D eigenvalue weighted by Gasteiger charge is 2.06. The minimum absolute atomic E-state index is 0.0626. The van der Waals surface area contributed by atoms with Gasteiger partial charge in [-0.25, -0.2) is 0 Å². The minimum Gasteiger partial charge on any atom is -0.370 e. The van der Waals surface area contributed by atoms with Crippen molar-refractivity contribution in [2.45, 2.75) is 71.3 Å². The molecule has 1 unspecified atom stereocenters. The van der Waals surface area contributed by atoms with Crippen molar-refractivity contribution in [3.05, 3.63) is 29.8 Å². The van der Waals surface area contributed by atoms with Crippen LogP contribution in [0.15, 0.2) is 24.3 Å². The van der Waals surface area contributed by atoms with Crippen molar-refractivity contribution in [1.29, 1.82) is 5.26 Å². The molecule has 0 heterocycles. The summed E-state index contributed by atoms with van der Waals surface area (Å²) < 4.78 is 0. The standard InChI is InChI=1S/C18H28N2/c1-3-4-5-6-7-8-9-12-18(15-19)20-17-13-10-11-16(2)14-17/h10-11,13-14,18,20H,3-9,12H2,1-2H3. The summed E-state index contributed by atoms with van der Waals surface area (Å²) in [5, 5.41) is 12.5. The molecule has 0 radical (unpaired) electrons. The van der Waals surface area contributed by atoms with Gasteiger partial charge in [0.2, 0.25) is 0 Å². The molecule has 0 aliphatic heterocycles. The summed E-state index contributed by atoms with van der Waals surface area (Å²) in [4.78, 5) is 0. The first kappa shape index (κ1) is 16.6. The molecule has 0 aliphatic carbocycles. The van der Waals surface area contributed by atoms with E-state index in [-0.39, 0.29) is 6.04 Å². The molecule has 0 amide bonds. The van der Waals surface area contributed by atoms with E-state index in [2.05, 4.69) is 37.4 Å². The average molecular weight is 272 g/mol. The molecule has 1 aromatic rings. The molecule has 0 aliphatic rings. The van der Waals surface area contributed by atoms with Crippen molar-refractivity contribution in [2.75, 3.05) is 5.32 Å². The Kier molecular flexibility index (Phi) is 8.54. The topological polar surface area (TPSA) is 35.8 Å². The molecule has 1 N–H and O–H groups in total. The number of nitriles is 1. The number of hydrogen-bond donors (Lipinski definition) is 1. The minimum atomic E-state index is -0.0626. The number of anilines is 1. The molecule has 110 valence electrons. The van der Waals surface area contributed by atoms with Crippen LogP contribution in [-0.4, -0.2) is 6.04 Å². The summed E-state index contributed by atoms with van der Waals surface area (Å²) in [6.07, 6.45) is 10.0. The molecule has 1 rings (SSSR count). The molecular weight excluding hydrogens is 244 g/mol. The summed E-state index contributed by atoms with van der Waals surface area (Å²) in [7, 11) is 0. The van der Waals surface area contributed by atoms with E-state index >= 15 is 0 Å². The van der Waals surface area contributed by atoms with E-state index in [1.807, 2.05) is 12.1 Å². The Labute approximate surface area is 124 Å². The van der Waals surface area contributed by atoms with Gasteiger partial charge in [0.1, 0.15) is 6.04 Å². The second kappa shape index (κ2) is 10.3. The van der Waals surface area contributed by atoms with Crippen LogP contribution in [0.4, 0.5) is 5.69 Å². The first-order chi connectivity index (χ1) is 9.76. The maximum Gasteiger partial charge on any atom is 0.114 e. The summed E-state index contributed by atoms with van der Waals surface area (Å²) in [6, 6.07) is 10.5. The summed E-state index contributed by atoms with van der Waals surface area (Å²) >= 11 is 0. The SMILES string of the molecule is CCCCCCCCCC(C#N)Nc1cccc(C)c1. The van der Waals surface area contributed by atoms with E-state index in [9.17, 15) is 5.26 Å². The van der Waals surface area contributed by atoms with E-state index in [1.54, 1.807) is 0 Å². The highest BCUT2D eigenvalue weighted by molar-refractivity contribution is 5.47. The molecule has 0 spiro atoms. The zero-order valence-electron chi connectivity index (χ0n) is 13.0. The third kappa shape index (κ3) is 7.19. The lowest BCUT2D eigenvalue weighted by Crippen LogP contribution is -2.17. The van der Waals surface area contributed by atoms with Gasteiger partial charge in [-0.1, -0.05) is 64.0 Å². The molecule has 0 saturated heterocycles. The predicted octanol–water partition coefficient (Wildman–Crippen LogP) is 5.44. The number of hydrogen-bond acceptors (Lipinski definition) is 2. The fraction of sp³-hybridized carbons (Fsp3) is 0.611. The van der Waals surface area contributed by atoms with Crippen LogP contribution < -0.4 is 5.32 Å². The van der Waals surface area contributed by atoms with Gasteiger partial charge in [-0.2, -0.15) is 5.26 Å². The molecule has 0 saturated carbocycles. The second-order valence-electron chi connectivity index (χ2n) is 5.61. The van der Waals surface area contributed by atoms with Gasteiger partial charge in [0, 0.05) is 5.69 Å². The monoisotopic (exact) mass is 272 g/mol. The van der Waals surface area contributed by atoms with Gasteiger partial charge in [-0.3, -0.25) is 0 Å². The van der Waals surface area contributed by atoms with Crippen molar-refractivity contribution >= 4 is 5.69 Å². The van der Waals surface area contributed by atoms with E-state index in [0.29, 0.717) is 0 Å². The van der Waals surface area contributed by atoms with Crippen molar-refractivity contribution in [1.82, 2.24) is 0 Å². The summed E-state index contributed by atoms with van der Waals surface area (Å²) in [5.41, 5.74) is 2.28. The normalized spacial score (nSPS) is 11.8. The number of rotatable bonds is 10. The molecular formula is C18H28N2. The van der Waals surface area contributed by atoms with Crippen LogP contribution in [0, 0.1) is 18.3 Å². The molecule has 0 bridgehead atoms. The van der Waals surface area contributed by atoms with E-state index < -0.39 is 0 Å². The molecule has 2 heteroatoms. The van der Waals surface area contributed by atoms with Gasteiger partial charge < -0.3 is 5.32 Å². The van der Waals surface area contributed by atoms with Crippen LogP contribution in [-0.2, 0) is 0 Å². The van der Waals surface area contributed by atoms with Crippen LogP contribution in [0.3, 0.4) is 0 Å². The fourth-order valence-corrected chi connectivity index (χ4v) is 2.41. The zero-order chi connectivity index (χ0) is 14.6. The van der Waals surface area contributed by atoms with Crippen molar-refractivity contribution < 1.29 is 0 Å². The van der Waals surface area contributed by atoms with E-state index in [4.69, 9.17) is 0 Å². The number of aryl methyl sites for hydroxylation is 1. The third-order valence-corrected chi connectivity index (χ3v) is 3.61. The fourth-order valence-electron chi connectivity index (χ4n) is 2.41. The smallest absolute Gasteiger partial charge is 0.114 e. The molecule has 1 atom stereocenters. The Bertz CT molecular complexity index is 406. The highest BCUT2D eigenvalue weighted by atomic mass is 14.9. The first-order valence-electron chi connectivity index (χ1n) is 7.99. The Balaban J connectivity index is 2.19. The maximum absolute atomic E-state index is 9.22. The largest absolute Gasteiger partial charge is 0.370 e. The average Bonchev–Trinajstić information content (AvgIpc) is 2.45. The van der Waals surface area contributed by atoms with Crippen LogP contribution in [0.25, 0.3) is 0 Å². The van der Waals surface area contributed by atoms with Crippen LogP contribution in [0.2, 0.25) is 0 Å². The van der Waals surface area contributed by atoms with Crippen molar-refractivity contribution in [3.8, 4) is 6.07 Å². The van der Waals surface area contributed by atoms with Gasteiger partial charge >= 0.3 is 0 Å². The van der Waals surface area contributed by atoms with Gasteiger partial charge in [-0.05, 0) is 31.0 Å². The molecule has 20 heavy (non-hydrogen) atoms. The third-order valence-electron chi connectivity index (χ3n) is 3.61. The molecule has 0 fully saturated rings. The number of benzene rings is 1. The first-order valence-corrected chi connectivity index (χ1v) is 7.99. The lowest BCUT2D eigenvalue weighted by molar-refractivity contribution is 0.569. The maximum atomic E-state index is 9.22. The number of nitrogens with zero attached hydrogens (tertiary/aromatic N) is 1. The Hall–Kier alpha value is -1.49. The lowest BCUT2D eigenvalue weighted by atomic mass is 10.1. The van der Waals surface area contributed by atoms with Gasteiger partial charge in [0.25, 0.3) is 0 Å². The molecule has 2 nitrogen and oxygen atoms in total. The van der Waals surface area contributed by atoms with E-state index in [0.717, 1.165) is 18.5 Å². The van der Waals surface area contributed by atoms with Crippen molar-refractivity contribution in [2.24, 2.45) is 0 Å². The number of unbranched alkanes of at least 4 members (excludes halogenated alkanes) is 6. The zero-order valence-corrected chi connectivity index (χ0v) is 13.0. The van der Waals surface area contributed by atoms with Gasteiger partial charge in [0.15, 0.2) is 0 Å². The van der Waals surface area contributed by atoms with E-state index in [1.165, 1.54) is 44.1 Å². The number of nitrogens with one attached hydrogen (secondary N) is 1. The Morgan fingerprint density at radius 1 is 1.10 bits per heavy atom. The second-order valence-corrected chi connectivity index (χ2v) is 5.61. The van der Waals surface area contributed by atoms with Gasteiger partial charge in [0.05, 0.1) is 6.07 Å². The Morgan fingerprint density at radius 3 is 2.45 bits per heavy atom.